The number of piperidine rings is 1. The second kappa shape index (κ2) is 7.02. The third-order valence-corrected chi connectivity index (χ3v) is 3.64. The molecule has 3 heteroatoms. The molecule has 0 aromatic carbocycles. The molecule has 94 valence electrons. The summed E-state index contributed by atoms with van der Waals surface area (Å²) in [6.45, 7) is 7.01. The zero-order chi connectivity index (χ0) is 12.0. The van der Waals surface area contributed by atoms with Crippen LogP contribution < -0.4 is 0 Å². The van der Waals surface area contributed by atoms with Crippen molar-refractivity contribution in [3.05, 3.63) is 0 Å². The van der Waals surface area contributed by atoms with E-state index < -0.39 is 0 Å². The monoisotopic (exact) mass is 227 g/mol. The Morgan fingerprint density at radius 2 is 2.06 bits per heavy atom. The number of Topliss-reactive ketones (excluding diaryl/α,β-unsaturated/α-hetero) is 1. The van der Waals surface area contributed by atoms with Gasteiger partial charge in [0.25, 0.3) is 0 Å². The molecule has 1 fully saturated rings. The predicted octanol–water partition coefficient (Wildman–Crippen LogP) is 1.84. The Labute approximate surface area is 98.8 Å². The van der Waals surface area contributed by atoms with Crippen molar-refractivity contribution in [2.45, 2.75) is 52.1 Å². The summed E-state index contributed by atoms with van der Waals surface area (Å²) in [5.41, 5.74) is 0. The highest BCUT2D eigenvalue weighted by atomic mass is 16.3. The van der Waals surface area contributed by atoms with E-state index in [0.29, 0.717) is 18.1 Å². The van der Waals surface area contributed by atoms with E-state index in [9.17, 15) is 9.90 Å². The Balaban J connectivity index is 2.10. The van der Waals surface area contributed by atoms with Crippen molar-refractivity contribution in [3.63, 3.8) is 0 Å². The molecule has 1 N–H and O–H groups in total. The minimum atomic E-state index is -0.163. The Morgan fingerprint density at radius 3 is 2.56 bits per heavy atom. The van der Waals surface area contributed by atoms with E-state index in [1.807, 2.05) is 13.8 Å². The molecule has 1 rings (SSSR count). The van der Waals surface area contributed by atoms with Gasteiger partial charge in [-0.15, -0.1) is 0 Å². The number of carbonyl (C=O) groups excluding carboxylic acids is 1. The molecule has 1 saturated heterocycles. The third-order valence-electron chi connectivity index (χ3n) is 3.64. The van der Waals surface area contributed by atoms with Crippen LogP contribution in [-0.4, -0.2) is 41.5 Å². The van der Waals surface area contributed by atoms with Gasteiger partial charge in [0.05, 0.1) is 6.10 Å². The molecule has 16 heavy (non-hydrogen) atoms. The van der Waals surface area contributed by atoms with E-state index >= 15 is 0 Å². The van der Waals surface area contributed by atoms with E-state index in [1.54, 1.807) is 0 Å². The predicted molar refractivity (Wildman–Crippen MR) is 65.4 cm³/mol. The lowest BCUT2D eigenvalue weighted by Crippen LogP contribution is -2.37. The third kappa shape index (κ3) is 4.62. The van der Waals surface area contributed by atoms with Gasteiger partial charge in [-0.1, -0.05) is 6.92 Å². The first-order valence-corrected chi connectivity index (χ1v) is 6.55. The quantitative estimate of drug-likeness (QED) is 0.752. The first-order chi connectivity index (χ1) is 7.63. The Bertz CT molecular complexity index is 208. The van der Waals surface area contributed by atoms with Crippen molar-refractivity contribution in [3.8, 4) is 0 Å². The number of ketones is 1. The Kier molecular flexibility index (Phi) is 5.99. The Hall–Kier alpha value is -0.410. The van der Waals surface area contributed by atoms with Gasteiger partial charge < -0.3 is 10.0 Å². The molecule has 0 aromatic heterocycles. The number of hydrogen-bond acceptors (Lipinski definition) is 3. The highest BCUT2D eigenvalue weighted by molar-refractivity contribution is 5.77. The zero-order valence-corrected chi connectivity index (χ0v) is 10.6. The van der Waals surface area contributed by atoms with E-state index in [2.05, 4.69) is 4.90 Å². The Morgan fingerprint density at radius 1 is 1.44 bits per heavy atom. The van der Waals surface area contributed by atoms with Gasteiger partial charge in [0, 0.05) is 12.8 Å². The van der Waals surface area contributed by atoms with E-state index in [-0.39, 0.29) is 6.10 Å². The number of carbonyl (C=O) groups is 1. The van der Waals surface area contributed by atoms with Gasteiger partial charge in [-0.05, 0) is 51.7 Å². The van der Waals surface area contributed by atoms with E-state index in [0.717, 1.165) is 45.3 Å². The van der Waals surface area contributed by atoms with Crippen molar-refractivity contribution in [2.75, 3.05) is 19.6 Å². The van der Waals surface area contributed by atoms with Crippen molar-refractivity contribution >= 4 is 5.78 Å². The summed E-state index contributed by atoms with van der Waals surface area (Å²) in [5.74, 6) is 0.854. The fourth-order valence-electron chi connectivity index (χ4n) is 2.34. The highest BCUT2D eigenvalue weighted by Crippen LogP contribution is 2.20. The summed E-state index contributed by atoms with van der Waals surface area (Å²) in [6, 6.07) is 0. The van der Waals surface area contributed by atoms with Crippen LogP contribution in [0.15, 0.2) is 0 Å². The number of rotatable bonds is 6. The molecule has 1 aliphatic heterocycles. The molecular weight excluding hydrogens is 202 g/mol. The summed E-state index contributed by atoms with van der Waals surface area (Å²) >= 11 is 0. The van der Waals surface area contributed by atoms with Gasteiger partial charge in [0.2, 0.25) is 0 Å². The van der Waals surface area contributed by atoms with Crippen LogP contribution in [0.2, 0.25) is 0 Å². The molecule has 0 bridgehead atoms. The minimum Gasteiger partial charge on any atom is -0.393 e. The maximum Gasteiger partial charge on any atom is 0.132 e. The number of nitrogens with zero attached hydrogens (tertiary/aromatic N) is 1. The SMILES string of the molecule is CCC(=O)CCCN1CCC(C(C)O)CC1. The van der Waals surface area contributed by atoms with Crippen molar-refractivity contribution < 1.29 is 9.90 Å². The normalized spacial score (nSPS) is 20.9. The molecule has 0 saturated carbocycles. The highest BCUT2D eigenvalue weighted by Gasteiger charge is 2.22. The molecule has 0 radical (unpaired) electrons. The molecule has 1 atom stereocenters. The maximum atomic E-state index is 11.1. The standard InChI is InChI=1S/C13H25NO2/c1-3-13(16)5-4-8-14-9-6-12(7-10-14)11(2)15/h11-12,15H,3-10H2,1-2H3. The number of likely N-dealkylation sites (tertiary alicyclic amines) is 1. The van der Waals surface area contributed by atoms with Crippen LogP contribution in [0.3, 0.4) is 0 Å². The van der Waals surface area contributed by atoms with Gasteiger partial charge >= 0.3 is 0 Å². The molecule has 0 spiro atoms. The molecule has 0 aromatic rings. The van der Waals surface area contributed by atoms with Crippen LogP contribution in [-0.2, 0) is 4.79 Å². The molecule has 1 heterocycles. The summed E-state index contributed by atoms with van der Waals surface area (Å²) in [4.78, 5) is 13.6. The average Bonchev–Trinajstić information content (AvgIpc) is 2.29. The lowest BCUT2D eigenvalue weighted by atomic mass is 9.92. The van der Waals surface area contributed by atoms with Gasteiger partial charge in [0.1, 0.15) is 5.78 Å². The molecule has 0 amide bonds. The lowest BCUT2D eigenvalue weighted by molar-refractivity contribution is -0.118. The average molecular weight is 227 g/mol. The number of hydrogen-bond donors (Lipinski definition) is 1. The molecule has 1 unspecified atom stereocenters. The summed E-state index contributed by atoms with van der Waals surface area (Å²) < 4.78 is 0. The number of aliphatic hydroxyl groups excluding tert-OH is 1. The first kappa shape index (κ1) is 13.7. The van der Waals surface area contributed by atoms with Crippen LogP contribution in [0, 0.1) is 5.92 Å². The van der Waals surface area contributed by atoms with E-state index in [1.165, 1.54) is 0 Å². The second-order valence-corrected chi connectivity index (χ2v) is 4.92. The molecule has 1 aliphatic rings. The van der Waals surface area contributed by atoms with E-state index in [4.69, 9.17) is 0 Å². The topological polar surface area (TPSA) is 40.5 Å². The van der Waals surface area contributed by atoms with Gasteiger partial charge in [-0.2, -0.15) is 0 Å². The van der Waals surface area contributed by atoms with Crippen LogP contribution >= 0.6 is 0 Å². The zero-order valence-electron chi connectivity index (χ0n) is 10.6. The number of aliphatic hydroxyl groups is 1. The van der Waals surface area contributed by atoms with Gasteiger partial charge in [-0.25, -0.2) is 0 Å². The smallest absolute Gasteiger partial charge is 0.132 e. The van der Waals surface area contributed by atoms with Crippen LogP contribution in [0.5, 0.6) is 0 Å². The van der Waals surface area contributed by atoms with Crippen molar-refractivity contribution in [1.82, 2.24) is 4.90 Å². The summed E-state index contributed by atoms with van der Waals surface area (Å²) in [5, 5.41) is 9.48. The molecular formula is C13H25NO2. The summed E-state index contributed by atoms with van der Waals surface area (Å²) in [7, 11) is 0. The van der Waals surface area contributed by atoms with Crippen LogP contribution in [0.4, 0.5) is 0 Å². The fraction of sp³-hybridized carbons (Fsp3) is 0.923. The van der Waals surface area contributed by atoms with Gasteiger partial charge in [-0.3, -0.25) is 4.79 Å². The van der Waals surface area contributed by atoms with Crippen LogP contribution in [0.1, 0.15) is 46.0 Å². The largest absolute Gasteiger partial charge is 0.393 e. The lowest BCUT2D eigenvalue weighted by Gasteiger charge is -2.33. The molecule has 3 nitrogen and oxygen atoms in total. The summed E-state index contributed by atoms with van der Waals surface area (Å²) in [6.07, 6.45) is 4.42. The minimum absolute atomic E-state index is 0.163. The van der Waals surface area contributed by atoms with Crippen LogP contribution in [0.25, 0.3) is 0 Å². The van der Waals surface area contributed by atoms with Crippen molar-refractivity contribution in [2.24, 2.45) is 5.92 Å². The maximum absolute atomic E-state index is 11.1. The molecule has 0 aliphatic carbocycles. The van der Waals surface area contributed by atoms with Gasteiger partial charge in [0.15, 0.2) is 0 Å². The van der Waals surface area contributed by atoms with Crippen molar-refractivity contribution in [1.29, 1.82) is 0 Å². The first-order valence-electron chi connectivity index (χ1n) is 6.55. The fourth-order valence-corrected chi connectivity index (χ4v) is 2.34. The second-order valence-electron chi connectivity index (χ2n) is 4.92.